The van der Waals surface area contributed by atoms with Gasteiger partial charge < -0.3 is 18.5 Å². The van der Waals surface area contributed by atoms with Gasteiger partial charge in [-0.1, -0.05) is 6.92 Å². The van der Waals surface area contributed by atoms with E-state index in [2.05, 4.69) is 0 Å². The average Bonchev–Trinajstić information content (AvgIpc) is 2.39. The first-order valence-corrected chi connectivity index (χ1v) is 8.56. The van der Waals surface area contributed by atoms with Crippen LogP contribution in [0.1, 0.15) is 40.0 Å². The Bertz CT molecular complexity index is 304. The summed E-state index contributed by atoms with van der Waals surface area (Å²) < 4.78 is 33.8. The largest absolute Gasteiger partial charge is 0.353 e. The van der Waals surface area contributed by atoms with Crippen LogP contribution in [0.2, 0.25) is 0 Å². The fraction of sp³-hybridized carbons (Fsp3) is 1.00. The zero-order valence-electron chi connectivity index (χ0n) is 12.7. The fourth-order valence-corrected chi connectivity index (χ4v) is 3.60. The first-order valence-electron chi connectivity index (χ1n) is 6.83. The van der Waals surface area contributed by atoms with E-state index in [1.807, 2.05) is 20.8 Å². The summed E-state index contributed by atoms with van der Waals surface area (Å²) in [5, 5.41) is 0. The number of hydrogen-bond acceptors (Lipinski definition) is 5. The van der Waals surface area contributed by atoms with Crippen molar-refractivity contribution < 1.29 is 23.1 Å². The van der Waals surface area contributed by atoms with Crippen molar-refractivity contribution >= 4 is 7.60 Å². The molecule has 0 aliphatic carbocycles. The molecule has 2 atom stereocenters. The van der Waals surface area contributed by atoms with E-state index in [-0.39, 0.29) is 12.2 Å². The minimum atomic E-state index is -3.01. The summed E-state index contributed by atoms with van der Waals surface area (Å²) in [6, 6.07) is 0. The van der Waals surface area contributed by atoms with Crippen molar-refractivity contribution in [3.8, 4) is 0 Å². The highest BCUT2D eigenvalue weighted by Gasteiger charge is 2.36. The SMILES string of the molecule is COP(=O)(CC(C)C(C)(C)OC1CCCCO1)OC. The predicted molar refractivity (Wildman–Crippen MR) is 74.4 cm³/mol. The highest BCUT2D eigenvalue weighted by molar-refractivity contribution is 7.53. The predicted octanol–water partition coefficient (Wildman–Crippen LogP) is 3.43. The monoisotopic (exact) mass is 294 g/mol. The number of hydrogen-bond donors (Lipinski definition) is 0. The Morgan fingerprint density at radius 1 is 1.32 bits per heavy atom. The van der Waals surface area contributed by atoms with E-state index in [0.29, 0.717) is 6.16 Å². The molecule has 0 aromatic heterocycles. The summed E-state index contributed by atoms with van der Waals surface area (Å²) >= 11 is 0. The third-order valence-electron chi connectivity index (χ3n) is 3.81. The molecule has 1 heterocycles. The molecule has 0 N–H and O–H groups in total. The molecule has 1 fully saturated rings. The molecule has 114 valence electrons. The lowest BCUT2D eigenvalue weighted by Crippen LogP contribution is -2.40. The molecule has 0 amide bonds. The summed E-state index contributed by atoms with van der Waals surface area (Å²) in [6.45, 7) is 6.73. The number of ether oxygens (including phenoxy) is 2. The van der Waals surface area contributed by atoms with Crippen molar-refractivity contribution in [2.24, 2.45) is 5.92 Å². The second-order valence-corrected chi connectivity index (χ2v) is 7.89. The Hall–Kier alpha value is 0.0700. The average molecular weight is 294 g/mol. The standard InChI is InChI=1S/C13H27O5P/c1-11(10-19(14,15-4)16-5)13(2,3)18-12-8-6-7-9-17-12/h11-12H,6-10H2,1-5H3. The Balaban J connectivity index is 2.57. The Labute approximate surface area is 116 Å². The first-order chi connectivity index (χ1) is 8.83. The van der Waals surface area contributed by atoms with Gasteiger partial charge >= 0.3 is 7.60 Å². The van der Waals surface area contributed by atoms with Gasteiger partial charge in [-0.05, 0) is 39.0 Å². The van der Waals surface area contributed by atoms with Crippen LogP contribution in [0.25, 0.3) is 0 Å². The van der Waals surface area contributed by atoms with Gasteiger partial charge in [0.25, 0.3) is 0 Å². The Kier molecular flexibility index (Phi) is 6.48. The molecule has 0 bridgehead atoms. The second-order valence-electron chi connectivity index (χ2n) is 5.58. The molecule has 1 saturated heterocycles. The van der Waals surface area contributed by atoms with Crippen molar-refractivity contribution in [2.75, 3.05) is 27.0 Å². The molecule has 0 aromatic carbocycles. The molecule has 5 nitrogen and oxygen atoms in total. The van der Waals surface area contributed by atoms with E-state index >= 15 is 0 Å². The van der Waals surface area contributed by atoms with E-state index in [4.69, 9.17) is 18.5 Å². The summed E-state index contributed by atoms with van der Waals surface area (Å²) in [5.74, 6) is 0.0313. The molecule has 6 heteroatoms. The molecular weight excluding hydrogens is 267 g/mol. The molecule has 1 aliphatic rings. The lowest BCUT2D eigenvalue weighted by atomic mass is 9.94. The molecule has 0 saturated carbocycles. The van der Waals surface area contributed by atoms with Crippen LogP contribution in [0.15, 0.2) is 0 Å². The van der Waals surface area contributed by atoms with Gasteiger partial charge in [-0.3, -0.25) is 4.57 Å². The van der Waals surface area contributed by atoms with Gasteiger partial charge in [-0.15, -0.1) is 0 Å². The van der Waals surface area contributed by atoms with Crippen LogP contribution in [0.3, 0.4) is 0 Å². The van der Waals surface area contributed by atoms with E-state index in [0.717, 1.165) is 25.9 Å². The van der Waals surface area contributed by atoms with Crippen LogP contribution in [-0.4, -0.2) is 38.9 Å². The van der Waals surface area contributed by atoms with Crippen LogP contribution in [0, 0.1) is 5.92 Å². The maximum Gasteiger partial charge on any atom is 0.330 e. The number of rotatable bonds is 7. The van der Waals surface area contributed by atoms with Gasteiger partial charge in [0.05, 0.1) is 11.8 Å². The van der Waals surface area contributed by atoms with E-state index < -0.39 is 13.2 Å². The maximum absolute atomic E-state index is 12.2. The normalized spacial score (nSPS) is 23.3. The molecule has 0 radical (unpaired) electrons. The van der Waals surface area contributed by atoms with Gasteiger partial charge in [0.2, 0.25) is 0 Å². The van der Waals surface area contributed by atoms with E-state index in [9.17, 15) is 4.57 Å². The topological polar surface area (TPSA) is 54.0 Å². The van der Waals surface area contributed by atoms with Crippen molar-refractivity contribution in [1.29, 1.82) is 0 Å². The van der Waals surface area contributed by atoms with Gasteiger partial charge in [-0.25, -0.2) is 0 Å². The summed E-state index contributed by atoms with van der Waals surface area (Å²) in [6.07, 6.45) is 3.32. The lowest BCUT2D eigenvalue weighted by molar-refractivity contribution is -0.226. The van der Waals surface area contributed by atoms with Crippen LogP contribution in [0.4, 0.5) is 0 Å². The molecule has 2 unspecified atom stereocenters. The molecule has 1 rings (SSSR count). The van der Waals surface area contributed by atoms with Crippen LogP contribution in [0.5, 0.6) is 0 Å². The third-order valence-corrected chi connectivity index (χ3v) is 5.92. The first kappa shape index (κ1) is 17.1. The smallest absolute Gasteiger partial charge is 0.330 e. The fourth-order valence-electron chi connectivity index (χ4n) is 2.04. The summed E-state index contributed by atoms with van der Waals surface area (Å²) in [4.78, 5) is 0. The maximum atomic E-state index is 12.2. The minimum Gasteiger partial charge on any atom is -0.353 e. The molecule has 19 heavy (non-hydrogen) atoms. The second kappa shape index (κ2) is 7.19. The van der Waals surface area contributed by atoms with Gasteiger partial charge in [0.15, 0.2) is 6.29 Å². The van der Waals surface area contributed by atoms with Gasteiger partial charge in [0, 0.05) is 20.8 Å². The third kappa shape index (κ3) is 5.16. The Morgan fingerprint density at radius 3 is 2.42 bits per heavy atom. The Morgan fingerprint density at radius 2 is 1.95 bits per heavy atom. The highest BCUT2D eigenvalue weighted by Crippen LogP contribution is 2.49. The van der Waals surface area contributed by atoms with E-state index in [1.165, 1.54) is 14.2 Å². The summed E-state index contributed by atoms with van der Waals surface area (Å²) in [7, 11) is -0.184. The quantitative estimate of drug-likeness (QED) is 0.673. The van der Waals surface area contributed by atoms with Gasteiger partial charge in [-0.2, -0.15) is 0 Å². The van der Waals surface area contributed by atoms with Crippen LogP contribution < -0.4 is 0 Å². The highest BCUT2D eigenvalue weighted by atomic mass is 31.2. The van der Waals surface area contributed by atoms with Crippen molar-refractivity contribution in [2.45, 2.75) is 51.9 Å². The zero-order chi connectivity index (χ0) is 14.5. The van der Waals surface area contributed by atoms with Crippen molar-refractivity contribution in [1.82, 2.24) is 0 Å². The molecule has 0 aromatic rings. The van der Waals surface area contributed by atoms with Crippen LogP contribution in [-0.2, 0) is 23.1 Å². The van der Waals surface area contributed by atoms with Gasteiger partial charge in [0.1, 0.15) is 0 Å². The molecule has 0 spiro atoms. The zero-order valence-corrected chi connectivity index (χ0v) is 13.6. The molecule has 1 aliphatic heterocycles. The lowest BCUT2D eigenvalue weighted by Gasteiger charge is -2.37. The summed E-state index contributed by atoms with van der Waals surface area (Å²) in [5.41, 5.74) is -0.436. The van der Waals surface area contributed by atoms with E-state index in [1.54, 1.807) is 0 Å². The minimum absolute atomic E-state index is 0.0313. The molecular formula is C13H27O5P. The van der Waals surface area contributed by atoms with Crippen molar-refractivity contribution in [3.63, 3.8) is 0 Å². The van der Waals surface area contributed by atoms with Crippen LogP contribution >= 0.6 is 7.60 Å². The van der Waals surface area contributed by atoms with Crippen molar-refractivity contribution in [3.05, 3.63) is 0 Å².